The molecule has 0 heterocycles. The van der Waals surface area contributed by atoms with Crippen LogP contribution in [0.4, 0.5) is 11.4 Å². The van der Waals surface area contributed by atoms with Gasteiger partial charge in [-0.05, 0) is 36.2 Å². The van der Waals surface area contributed by atoms with Gasteiger partial charge in [0.15, 0.2) is 0 Å². The molecular formula is C11H19ClN2O. The first-order valence-corrected chi connectivity index (χ1v) is 4.65. The van der Waals surface area contributed by atoms with Gasteiger partial charge in [-0.3, -0.25) is 4.79 Å². The van der Waals surface area contributed by atoms with Crippen molar-refractivity contribution in [1.82, 2.24) is 0 Å². The molecule has 0 saturated heterocycles. The zero-order valence-electron chi connectivity index (χ0n) is 8.38. The molecule has 0 aliphatic rings. The minimum atomic E-state index is -0.273. The maximum Gasteiger partial charge on any atom is 0.221 e. The first kappa shape index (κ1) is 16.2. The van der Waals surface area contributed by atoms with E-state index >= 15 is 0 Å². The molecule has 0 saturated carbocycles. The molecular weight excluding hydrogens is 212 g/mol. The van der Waals surface area contributed by atoms with Crippen molar-refractivity contribution in [3.05, 3.63) is 23.8 Å². The highest BCUT2D eigenvalue weighted by Gasteiger charge is 1.90. The predicted octanol–water partition coefficient (Wildman–Crippen LogP) is 2.96. The van der Waals surface area contributed by atoms with Crippen LogP contribution >= 0.6 is 11.6 Å². The van der Waals surface area contributed by atoms with Gasteiger partial charge in [0.1, 0.15) is 0 Å². The van der Waals surface area contributed by atoms with Gasteiger partial charge in [0.2, 0.25) is 5.24 Å². The van der Waals surface area contributed by atoms with Gasteiger partial charge in [0, 0.05) is 6.42 Å². The van der Waals surface area contributed by atoms with Crippen molar-refractivity contribution >= 4 is 28.2 Å². The Bertz CT molecular complexity index is 313. The number of anilines is 2. The molecule has 1 aromatic rings. The molecule has 1 rings (SSSR count). The standard InChI is InChI=1S/C7H10N2.C3H5ClO.CH4/c1-5-2-3-6(8)7(9)4-5;1-2-3(4)5;/h2-4H,8-9H2,1H3;2H2,1H3;1H4. The van der Waals surface area contributed by atoms with Gasteiger partial charge < -0.3 is 11.5 Å². The molecule has 0 aromatic heterocycles. The third kappa shape index (κ3) is 7.82. The minimum Gasteiger partial charge on any atom is -0.397 e. The molecule has 0 atom stereocenters. The summed E-state index contributed by atoms with van der Waals surface area (Å²) in [6, 6.07) is 5.60. The monoisotopic (exact) mass is 230 g/mol. The number of aryl methyl sites for hydroxylation is 1. The fraction of sp³-hybridized carbons (Fsp3) is 0.364. The van der Waals surface area contributed by atoms with Gasteiger partial charge in [0.25, 0.3) is 0 Å². The van der Waals surface area contributed by atoms with Crippen LogP contribution in [0, 0.1) is 6.92 Å². The van der Waals surface area contributed by atoms with E-state index in [0.717, 1.165) is 5.56 Å². The number of nitrogen functional groups attached to an aromatic ring is 2. The van der Waals surface area contributed by atoms with Crippen molar-refractivity contribution < 1.29 is 4.79 Å². The Morgan fingerprint density at radius 2 is 1.80 bits per heavy atom. The fourth-order valence-electron chi connectivity index (χ4n) is 0.694. The lowest BCUT2D eigenvalue weighted by molar-refractivity contribution is -0.111. The number of benzene rings is 1. The van der Waals surface area contributed by atoms with Crippen LogP contribution in [0.25, 0.3) is 0 Å². The van der Waals surface area contributed by atoms with E-state index in [4.69, 9.17) is 23.1 Å². The Hall–Kier alpha value is -1.22. The number of hydrogen-bond acceptors (Lipinski definition) is 3. The molecule has 0 fully saturated rings. The highest BCUT2D eigenvalue weighted by molar-refractivity contribution is 6.63. The van der Waals surface area contributed by atoms with E-state index in [9.17, 15) is 4.79 Å². The van der Waals surface area contributed by atoms with E-state index in [-0.39, 0.29) is 12.7 Å². The van der Waals surface area contributed by atoms with Crippen molar-refractivity contribution in [3.63, 3.8) is 0 Å². The summed E-state index contributed by atoms with van der Waals surface area (Å²) in [5.74, 6) is 0. The van der Waals surface area contributed by atoms with Crippen molar-refractivity contribution in [2.45, 2.75) is 27.7 Å². The molecule has 0 unspecified atom stereocenters. The summed E-state index contributed by atoms with van der Waals surface area (Å²) in [6.07, 6.45) is 0.432. The van der Waals surface area contributed by atoms with Crippen LogP contribution in [-0.4, -0.2) is 5.24 Å². The van der Waals surface area contributed by atoms with Crippen molar-refractivity contribution in [2.75, 3.05) is 11.5 Å². The fourth-order valence-corrected chi connectivity index (χ4v) is 0.694. The molecule has 0 spiro atoms. The normalized spacial score (nSPS) is 8.20. The highest BCUT2D eigenvalue weighted by atomic mass is 35.5. The maximum absolute atomic E-state index is 9.58. The molecule has 0 bridgehead atoms. The van der Waals surface area contributed by atoms with Crippen LogP contribution < -0.4 is 11.5 Å². The minimum absolute atomic E-state index is 0. The Labute approximate surface area is 96.4 Å². The Kier molecular flexibility index (Phi) is 8.78. The summed E-state index contributed by atoms with van der Waals surface area (Å²) >= 11 is 4.82. The zero-order chi connectivity index (χ0) is 11.1. The molecule has 4 heteroatoms. The zero-order valence-corrected chi connectivity index (χ0v) is 9.14. The van der Waals surface area contributed by atoms with Gasteiger partial charge in [-0.1, -0.05) is 20.4 Å². The summed E-state index contributed by atoms with van der Waals surface area (Å²) in [5, 5.41) is -0.273. The van der Waals surface area contributed by atoms with E-state index in [1.54, 1.807) is 6.92 Å². The third-order valence-electron chi connectivity index (χ3n) is 1.52. The predicted molar refractivity (Wildman–Crippen MR) is 67.9 cm³/mol. The SMILES string of the molecule is C.CCC(=O)Cl.Cc1ccc(N)c(N)c1. The number of carbonyl (C=O) groups excluding carboxylic acids is 1. The number of hydrogen-bond donors (Lipinski definition) is 2. The van der Waals surface area contributed by atoms with Crippen molar-refractivity contribution in [1.29, 1.82) is 0 Å². The van der Waals surface area contributed by atoms with Crippen LogP contribution in [0.1, 0.15) is 26.3 Å². The maximum atomic E-state index is 9.58. The lowest BCUT2D eigenvalue weighted by atomic mass is 10.2. The lowest BCUT2D eigenvalue weighted by Gasteiger charge is -1.98. The van der Waals surface area contributed by atoms with E-state index in [1.807, 2.05) is 25.1 Å². The Balaban J connectivity index is 0. The molecule has 0 amide bonds. The molecule has 15 heavy (non-hydrogen) atoms. The number of halogens is 1. The van der Waals surface area contributed by atoms with E-state index in [1.165, 1.54) is 0 Å². The molecule has 1 aromatic carbocycles. The van der Waals surface area contributed by atoms with Crippen LogP contribution in [-0.2, 0) is 4.79 Å². The van der Waals surface area contributed by atoms with E-state index < -0.39 is 0 Å². The quantitative estimate of drug-likeness (QED) is 0.576. The first-order valence-electron chi connectivity index (χ1n) is 4.27. The van der Waals surface area contributed by atoms with Gasteiger partial charge in [0.05, 0.1) is 11.4 Å². The Morgan fingerprint density at radius 1 is 1.33 bits per heavy atom. The van der Waals surface area contributed by atoms with E-state index in [2.05, 4.69) is 0 Å². The molecule has 0 aliphatic carbocycles. The third-order valence-corrected chi connectivity index (χ3v) is 1.79. The summed E-state index contributed by atoms with van der Waals surface area (Å²) in [4.78, 5) is 9.58. The van der Waals surface area contributed by atoms with Crippen LogP contribution in [0.2, 0.25) is 0 Å². The largest absolute Gasteiger partial charge is 0.397 e. The lowest BCUT2D eigenvalue weighted by Crippen LogP contribution is -1.93. The molecule has 3 nitrogen and oxygen atoms in total. The van der Waals surface area contributed by atoms with Gasteiger partial charge in [-0.15, -0.1) is 0 Å². The smallest absolute Gasteiger partial charge is 0.221 e. The second kappa shape index (κ2) is 8.12. The van der Waals surface area contributed by atoms with Crippen LogP contribution in [0.5, 0.6) is 0 Å². The highest BCUT2D eigenvalue weighted by Crippen LogP contribution is 2.14. The van der Waals surface area contributed by atoms with Gasteiger partial charge >= 0.3 is 0 Å². The summed E-state index contributed by atoms with van der Waals surface area (Å²) < 4.78 is 0. The Morgan fingerprint density at radius 3 is 2.07 bits per heavy atom. The first-order chi connectivity index (χ1) is 6.47. The number of carbonyl (C=O) groups is 1. The second-order valence-electron chi connectivity index (χ2n) is 2.84. The summed E-state index contributed by atoms with van der Waals surface area (Å²) in [7, 11) is 0. The molecule has 4 N–H and O–H groups in total. The van der Waals surface area contributed by atoms with Crippen LogP contribution in [0.3, 0.4) is 0 Å². The second-order valence-corrected chi connectivity index (χ2v) is 3.26. The molecule has 0 aliphatic heterocycles. The average Bonchev–Trinajstić information content (AvgIpc) is 2.13. The van der Waals surface area contributed by atoms with Crippen LogP contribution in [0.15, 0.2) is 18.2 Å². The summed E-state index contributed by atoms with van der Waals surface area (Å²) in [6.45, 7) is 3.70. The average molecular weight is 231 g/mol. The van der Waals surface area contributed by atoms with Gasteiger partial charge in [-0.25, -0.2) is 0 Å². The molecule has 0 radical (unpaired) electrons. The molecule has 86 valence electrons. The number of nitrogens with two attached hydrogens (primary N) is 2. The van der Waals surface area contributed by atoms with Crippen molar-refractivity contribution in [3.8, 4) is 0 Å². The van der Waals surface area contributed by atoms with Gasteiger partial charge in [-0.2, -0.15) is 0 Å². The summed E-state index contributed by atoms with van der Waals surface area (Å²) in [5.41, 5.74) is 13.4. The number of rotatable bonds is 1. The topological polar surface area (TPSA) is 69.1 Å². The van der Waals surface area contributed by atoms with E-state index in [0.29, 0.717) is 17.8 Å². The van der Waals surface area contributed by atoms with Crippen molar-refractivity contribution in [2.24, 2.45) is 0 Å².